The van der Waals surface area contributed by atoms with Gasteiger partial charge in [0, 0.05) is 17.8 Å². The van der Waals surface area contributed by atoms with Gasteiger partial charge in [-0.2, -0.15) is 5.10 Å². The maximum atomic E-state index is 11.8. The lowest BCUT2D eigenvalue weighted by Gasteiger charge is -2.11. The molecule has 2 aromatic rings. The first-order valence-electron chi connectivity index (χ1n) is 6.01. The summed E-state index contributed by atoms with van der Waals surface area (Å²) in [5.74, 6) is -0.371. The Balaban J connectivity index is 2.15. The third-order valence-electron chi connectivity index (χ3n) is 2.66. The minimum Gasteiger partial charge on any atom is -0.341 e. The summed E-state index contributed by atoms with van der Waals surface area (Å²) in [6.07, 6.45) is 1.68. The van der Waals surface area contributed by atoms with E-state index in [1.807, 2.05) is 24.3 Å². The number of benzene rings is 1. The van der Waals surface area contributed by atoms with Gasteiger partial charge in [0.15, 0.2) is 0 Å². The lowest BCUT2D eigenvalue weighted by molar-refractivity contribution is -0.119. The molecule has 0 saturated carbocycles. The van der Waals surface area contributed by atoms with Gasteiger partial charge in [0.2, 0.25) is 5.91 Å². The van der Waals surface area contributed by atoms with Gasteiger partial charge in [0.25, 0.3) is 0 Å². The Hall–Kier alpha value is -2.15. The Labute approximate surface area is 120 Å². The summed E-state index contributed by atoms with van der Waals surface area (Å²) in [5.41, 5.74) is 0. The maximum Gasteiger partial charge on any atom is 0.321 e. The molecule has 0 fully saturated rings. The molecule has 1 aromatic heterocycles. The van der Waals surface area contributed by atoms with Crippen LogP contribution in [0.4, 0.5) is 4.79 Å². The maximum absolute atomic E-state index is 11.8. The van der Waals surface area contributed by atoms with Gasteiger partial charge in [0.05, 0.1) is 11.4 Å². The van der Waals surface area contributed by atoms with Crippen molar-refractivity contribution in [2.45, 2.75) is 17.2 Å². The van der Waals surface area contributed by atoms with Crippen LogP contribution in [0, 0.1) is 0 Å². The van der Waals surface area contributed by atoms with Crippen molar-refractivity contribution in [1.82, 2.24) is 20.8 Å². The summed E-state index contributed by atoms with van der Waals surface area (Å²) in [4.78, 5) is 22.9. The SMILES string of the molecule is CNC(=O)NC(=O)C(C)Sc1nncc2ccccc12. The van der Waals surface area contributed by atoms with Gasteiger partial charge < -0.3 is 5.32 Å². The quantitative estimate of drug-likeness (QED) is 0.838. The number of rotatable bonds is 3. The Morgan fingerprint density at radius 1 is 1.30 bits per heavy atom. The van der Waals surface area contributed by atoms with Crippen molar-refractivity contribution >= 4 is 34.5 Å². The Kier molecular flexibility index (Phi) is 4.52. The molecule has 0 aliphatic heterocycles. The van der Waals surface area contributed by atoms with Gasteiger partial charge in [-0.1, -0.05) is 36.0 Å². The lowest BCUT2D eigenvalue weighted by atomic mass is 10.2. The average molecular weight is 290 g/mol. The van der Waals surface area contributed by atoms with Gasteiger partial charge in [0.1, 0.15) is 5.03 Å². The monoisotopic (exact) mass is 290 g/mol. The van der Waals surface area contributed by atoms with E-state index in [0.29, 0.717) is 5.03 Å². The van der Waals surface area contributed by atoms with E-state index in [9.17, 15) is 9.59 Å². The van der Waals surface area contributed by atoms with Crippen LogP contribution >= 0.6 is 11.8 Å². The van der Waals surface area contributed by atoms with Crippen LogP contribution in [0.3, 0.4) is 0 Å². The molecule has 1 unspecified atom stereocenters. The molecule has 20 heavy (non-hydrogen) atoms. The fourth-order valence-electron chi connectivity index (χ4n) is 1.59. The number of fused-ring (bicyclic) bond motifs is 1. The Morgan fingerprint density at radius 3 is 2.80 bits per heavy atom. The van der Waals surface area contributed by atoms with Crippen molar-refractivity contribution in [2.75, 3.05) is 7.05 Å². The highest BCUT2D eigenvalue weighted by molar-refractivity contribution is 8.00. The second-order valence-corrected chi connectivity index (χ2v) is 5.39. The molecule has 1 heterocycles. The molecular formula is C13H14N4O2S. The van der Waals surface area contributed by atoms with Crippen LogP contribution in [0.2, 0.25) is 0 Å². The predicted molar refractivity (Wildman–Crippen MR) is 77.5 cm³/mol. The van der Waals surface area contributed by atoms with Gasteiger partial charge in [-0.15, -0.1) is 5.10 Å². The molecule has 3 amide bonds. The first-order chi connectivity index (χ1) is 9.61. The van der Waals surface area contributed by atoms with E-state index in [4.69, 9.17) is 0 Å². The number of hydrogen-bond acceptors (Lipinski definition) is 5. The molecule has 2 rings (SSSR count). The van der Waals surface area contributed by atoms with Crippen LogP contribution < -0.4 is 10.6 Å². The third kappa shape index (κ3) is 3.24. The molecule has 0 aliphatic carbocycles. The molecule has 6 nitrogen and oxygen atoms in total. The van der Waals surface area contributed by atoms with Gasteiger partial charge >= 0.3 is 6.03 Å². The lowest BCUT2D eigenvalue weighted by Crippen LogP contribution is -2.41. The average Bonchev–Trinajstić information content (AvgIpc) is 2.47. The van der Waals surface area contributed by atoms with Gasteiger partial charge in [-0.25, -0.2) is 4.79 Å². The van der Waals surface area contributed by atoms with Crippen LogP contribution in [0.1, 0.15) is 6.92 Å². The van der Waals surface area contributed by atoms with Crippen LogP contribution in [0.25, 0.3) is 10.8 Å². The molecule has 7 heteroatoms. The van der Waals surface area contributed by atoms with Gasteiger partial charge in [-0.3, -0.25) is 10.1 Å². The highest BCUT2D eigenvalue weighted by Crippen LogP contribution is 2.27. The summed E-state index contributed by atoms with van der Waals surface area (Å²) in [5, 5.41) is 14.7. The number of aromatic nitrogens is 2. The van der Waals surface area contributed by atoms with Crippen molar-refractivity contribution in [3.05, 3.63) is 30.5 Å². The second-order valence-electron chi connectivity index (χ2n) is 4.07. The number of thioether (sulfide) groups is 1. The summed E-state index contributed by atoms with van der Waals surface area (Å²) >= 11 is 1.27. The van der Waals surface area contributed by atoms with Crippen LogP contribution in [-0.2, 0) is 4.79 Å². The molecule has 0 radical (unpaired) electrons. The van der Waals surface area contributed by atoms with Crippen molar-refractivity contribution in [2.24, 2.45) is 0 Å². The topological polar surface area (TPSA) is 84.0 Å². The number of carbonyl (C=O) groups excluding carboxylic acids is 2. The fraction of sp³-hybridized carbons (Fsp3) is 0.231. The molecular weight excluding hydrogens is 276 g/mol. The molecule has 0 aliphatic rings. The first kappa shape index (κ1) is 14.3. The minimum atomic E-state index is -0.522. The minimum absolute atomic E-state index is 0.371. The smallest absolute Gasteiger partial charge is 0.321 e. The zero-order valence-corrected chi connectivity index (χ0v) is 11.9. The van der Waals surface area contributed by atoms with Crippen molar-refractivity contribution in [3.8, 4) is 0 Å². The highest BCUT2D eigenvalue weighted by atomic mass is 32.2. The summed E-state index contributed by atoms with van der Waals surface area (Å²) in [7, 11) is 1.45. The number of carbonyl (C=O) groups is 2. The molecule has 1 atom stereocenters. The Bertz CT molecular complexity index is 642. The molecule has 1 aromatic carbocycles. The van der Waals surface area contributed by atoms with E-state index in [0.717, 1.165) is 10.8 Å². The number of amides is 3. The van der Waals surface area contributed by atoms with E-state index in [2.05, 4.69) is 20.8 Å². The van der Waals surface area contributed by atoms with Crippen LogP contribution in [0.15, 0.2) is 35.5 Å². The summed E-state index contributed by atoms with van der Waals surface area (Å²) in [6, 6.07) is 7.16. The van der Waals surface area contributed by atoms with Gasteiger partial charge in [-0.05, 0) is 6.92 Å². The van der Waals surface area contributed by atoms with E-state index < -0.39 is 11.3 Å². The first-order valence-corrected chi connectivity index (χ1v) is 6.89. The van der Waals surface area contributed by atoms with Crippen LogP contribution in [-0.4, -0.2) is 34.4 Å². The number of imide groups is 1. The Morgan fingerprint density at radius 2 is 2.05 bits per heavy atom. The molecule has 0 bridgehead atoms. The fourth-order valence-corrected chi connectivity index (χ4v) is 2.49. The van der Waals surface area contributed by atoms with E-state index in [1.165, 1.54) is 18.8 Å². The van der Waals surface area contributed by atoms with Crippen molar-refractivity contribution in [1.29, 1.82) is 0 Å². The summed E-state index contributed by atoms with van der Waals surface area (Å²) in [6.45, 7) is 1.71. The largest absolute Gasteiger partial charge is 0.341 e. The number of hydrogen-bond donors (Lipinski definition) is 2. The summed E-state index contributed by atoms with van der Waals surface area (Å²) < 4.78 is 0. The zero-order chi connectivity index (χ0) is 14.5. The van der Waals surface area contributed by atoms with Crippen LogP contribution in [0.5, 0.6) is 0 Å². The molecule has 104 valence electrons. The predicted octanol–water partition coefficient (Wildman–Crippen LogP) is 1.57. The third-order valence-corrected chi connectivity index (χ3v) is 3.75. The standard InChI is InChI=1S/C13H14N4O2S/c1-8(11(18)16-13(19)14-2)20-12-10-6-4-3-5-9(10)7-15-17-12/h3-8H,1-2H3,(H2,14,16,18,19). The normalized spacial score (nSPS) is 11.9. The highest BCUT2D eigenvalue weighted by Gasteiger charge is 2.18. The number of nitrogens with one attached hydrogen (secondary N) is 2. The van der Waals surface area contributed by atoms with Crippen molar-refractivity contribution < 1.29 is 9.59 Å². The molecule has 2 N–H and O–H groups in total. The van der Waals surface area contributed by atoms with E-state index >= 15 is 0 Å². The zero-order valence-electron chi connectivity index (χ0n) is 11.1. The second kappa shape index (κ2) is 6.33. The van der Waals surface area contributed by atoms with E-state index in [1.54, 1.807) is 13.1 Å². The molecule has 0 spiro atoms. The molecule has 0 saturated heterocycles. The number of urea groups is 1. The number of nitrogens with zero attached hydrogens (tertiary/aromatic N) is 2. The van der Waals surface area contributed by atoms with Crippen molar-refractivity contribution in [3.63, 3.8) is 0 Å². The van der Waals surface area contributed by atoms with E-state index in [-0.39, 0.29) is 5.91 Å².